The fraction of sp³-hybridized carbons (Fsp3) is 0.267. The molecule has 0 radical (unpaired) electrons. The lowest BCUT2D eigenvalue weighted by atomic mass is 10.00. The highest BCUT2D eigenvalue weighted by Gasteiger charge is 2.12. The van der Waals surface area contributed by atoms with Crippen molar-refractivity contribution >= 4 is 0 Å². The molecule has 0 unspecified atom stereocenters. The molecule has 0 fully saturated rings. The highest BCUT2D eigenvalue weighted by Crippen LogP contribution is 2.21. The van der Waals surface area contributed by atoms with Crippen molar-refractivity contribution in [2.45, 2.75) is 19.4 Å². The summed E-state index contributed by atoms with van der Waals surface area (Å²) in [6.07, 6.45) is 4.65. The second kappa shape index (κ2) is 6.26. The molecule has 94 valence electrons. The first-order valence-electron chi connectivity index (χ1n) is 6.20. The Bertz CT molecular complexity index is 468. The van der Waals surface area contributed by atoms with Crippen LogP contribution in [0.25, 0.3) is 0 Å². The molecule has 0 aliphatic rings. The zero-order valence-electron chi connectivity index (χ0n) is 10.4. The number of rotatable bonds is 5. The molecule has 0 spiro atoms. The molecule has 0 saturated heterocycles. The molecule has 0 saturated carbocycles. The van der Waals surface area contributed by atoms with Crippen LogP contribution in [0, 0.1) is 5.82 Å². The molecule has 1 aromatic carbocycles. The number of hydrogen-bond acceptors (Lipinski definition) is 2. The largest absolute Gasteiger partial charge is 0.306 e. The summed E-state index contributed by atoms with van der Waals surface area (Å²) in [4.78, 5) is 4.14. The molecule has 2 aromatic rings. The van der Waals surface area contributed by atoms with Crippen molar-refractivity contribution in [3.63, 3.8) is 0 Å². The van der Waals surface area contributed by atoms with Gasteiger partial charge in [0.15, 0.2) is 0 Å². The quantitative estimate of drug-likeness (QED) is 0.872. The Balaban J connectivity index is 2.27. The van der Waals surface area contributed by atoms with Gasteiger partial charge < -0.3 is 5.32 Å². The Kier molecular flexibility index (Phi) is 4.42. The summed E-state index contributed by atoms with van der Waals surface area (Å²) < 4.78 is 13.0. The summed E-state index contributed by atoms with van der Waals surface area (Å²) in [6.45, 7) is 3.04. The molecule has 0 aliphatic heterocycles. The van der Waals surface area contributed by atoms with Crippen LogP contribution in [0.1, 0.15) is 30.5 Å². The number of nitrogens with one attached hydrogen (secondary N) is 1. The van der Waals surface area contributed by atoms with Gasteiger partial charge >= 0.3 is 0 Å². The second-order valence-corrected chi connectivity index (χ2v) is 4.23. The smallest absolute Gasteiger partial charge is 0.123 e. The lowest BCUT2D eigenvalue weighted by Crippen LogP contribution is -2.23. The summed E-state index contributed by atoms with van der Waals surface area (Å²) in [5.41, 5.74) is 2.15. The van der Waals surface area contributed by atoms with Crippen LogP contribution in [-0.2, 0) is 0 Å². The maximum absolute atomic E-state index is 13.0. The summed E-state index contributed by atoms with van der Waals surface area (Å²) in [6, 6.07) is 10.6. The summed E-state index contributed by atoms with van der Waals surface area (Å²) in [7, 11) is 0. The van der Waals surface area contributed by atoms with Gasteiger partial charge in [-0.25, -0.2) is 4.39 Å². The molecule has 2 rings (SSSR count). The van der Waals surface area contributed by atoms with E-state index in [4.69, 9.17) is 0 Å². The van der Waals surface area contributed by atoms with Gasteiger partial charge in [0, 0.05) is 12.4 Å². The van der Waals surface area contributed by atoms with Crippen LogP contribution in [0.15, 0.2) is 48.8 Å². The van der Waals surface area contributed by atoms with Gasteiger partial charge in [0.1, 0.15) is 5.82 Å². The molecular formula is C15H17FN2. The minimum absolute atomic E-state index is 0.0687. The standard InChI is InChI=1S/C15H17FN2/c1-2-9-18-15(13-4-3-10-17-11-13)12-5-7-14(16)8-6-12/h3-8,10-11,15,18H,2,9H2,1H3/t15-/m0/s1. The topological polar surface area (TPSA) is 24.9 Å². The monoisotopic (exact) mass is 244 g/mol. The molecule has 18 heavy (non-hydrogen) atoms. The van der Waals surface area contributed by atoms with E-state index < -0.39 is 0 Å². The third-order valence-corrected chi connectivity index (χ3v) is 2.82. The van der Waals surface area contributed by atoms with Crippen molar-refractivity contribution in [2.24, 2.45) is 0 Å². The molecule has 0 amide bonds. The number of nitrogens with zero attached hydrogens (tertiary/aromatic N) is 1. The summed E-state index contributed by atoms with van der Waals surface area (Å²) in [5.74, 6) is -0.209. The molecule has 3 heteroatoms. The number of halogens is 1. The van der Waals surface area contributed by atoms with Crippen LogP contribution in [0.5, 0.6) is 0 Å². The van der Waals surface area contributed by atoms with Crippen molar-refractivity contribution in [2.75, 3.05) is 6.54 Å². The van der Waals surface area contributed by atoms with Gasteiger partial charge in [-0.1, -0.05) is 25.1 Å². The second-order valence-electron chi connectivity index (χ2n) is 4.23. The van der Waals surface area contributed by atoms with Crippen LogP contribution in [0.4, 0.5) is 4.39 Å². The van der Waals surface area contributed by atoms with Gasteiger partial charge in [0.2, 0.25) is 0 Å². The van der Waals surface area contributed by atoms with Crippen LogP contribution in [0.2, 0.25) is 0 Å². The molecule has 1 atom stereocenters. The molecule has 1 N–H and O–H groups in total. The number of hydrogen-bond donors (Lipinski definition) is 1. The van der Waals surface area contributed by atoms with Crippen molar-refractivity contribution in [1.29, 1.82) is 0 Å². The minimum Gasteiger partial charge on any atom is -0.306 e. The van der Waals surface area contributed by atoms with Gasteiger partial charge in [-0.2, -0.15) is 0 Å². The Morgan fingerprint density at radius 1 is 1.17 bits per heavy atom. The lowest BCUT2D eigenvalue weighted by molar-refractivity contribution is 0.591. The third kappa shape index (κ3) is 3.14. The van der Waals surface area contributed by atoms with Gasteiger partial charge in [-0.15, -0.1) is 0 Å². The average Bonchev–Trinajstić information content (AvgIpc) is 2.42. The van der Waals surface area contributed by atoms with Crippen LogP contribution >= 0.6 is 0 Å². The molecule has 2 nitrogen and oxygen atoms in total. The Morgan fingerprint density at radius 2 is 1.94 bits per heavy atom. The fourth-order valence-electron chi connectivity index (χ4n) is 1.92. The first-order chi connectivity index (χ1) is 8.81. The zero-order valence-corrected chi connectivity index (χ0v) is 10.4. The van der Waals surface area contributed by atoms with E-state index in [1.807, 2.05) is 30.5 Å². The van der Waals surface area contributed by atoms with Gasteiger partial charge in [0.25, 0.3) is 0 Å². The average molecular weight is 244 g/mol. The SMILES string of the molecule is CCCN[C@@H](c1ccc(F)cc1)c1cccnc1. The van der Waals surface area contributed by atoms with Crippen molar-refractivity contribution in [3.05, 3.63) is 65.7 Å². The normalized spacial score (nSPS) is 12.3. The van der Waals surface area contributed by atoms with E-state index in [0.717, 1.165) is 24.1 Å². The van der Waals surface area contributed by atoms with E-state index in [0.29, 0.717) is 0 Å². The fourth-order valence-corrected chi connectivity index (χ4v) is 1.92. The molecular weight excluding hydrogens is 227 g/mol. The number of benzene rings is 1. The first kappa shape index (κ1) is 12.7. The van der Waals surface area contributed by atoms with E-state index in [9.17, 15) is 4.39 Å². The highest BCUT2D eigenvalue weighted by molar-refractivity contribution is 5.30. The molecule has 0 aliphatic carbocycles. The van der Waals surface area contributed by atoms with Crippen LogP contribution in [0.3, 0.4) is 0 Å². The van der Waals surface area contributed by atoms with E-state index >= 15 is 0 Å². The third-order valence-electron chi connectivity index (χ3n) is 2.82. The molecule has 1 heterocycles. The van der Waals surface area contributed by atoms with Crippen molar-refractivity contribution < 1.29 is 4.39 Å². The van der Waals surface area contributed by atoms with E-state index in [2.05, 4.69) is 17.2 Å². The predicted octanol–water partition coefficient (Wildman–Crippen LogP) is 3.31. The first-order valence-corrected chi connectivity index (χ1v) is 6.20. The van der Waals surface area contributed by atoms with E-state index in [1.165, 1.54) is 12.1 Å². The maximum Gasteiger partial charge on any atom is 0.123 e. The maximum atomic E-state index is 13.0. The Hall–Kier alpha value is -1.74. The van der Waals surface area contributed by atoms with E-state index in [-0.39, 0.29) is 11.9 Å². The van der Waals surface area contributed by atoms with Gasteiger partial charge in [0.05, 0.1) is 6.04 Å². The van der Waals surface area contributed by atoms with Gasteiger partial charge in [-0.3, -0.25) is 4.98 Å². The minimum atomic E-state index is -0.209. The molecule has 1 aromatic heterocycles. The summed E-state index contributed by atoms with van der Waals surface area (Å²) in [5, 5.41) is 3.46. The Morgan fingerprint density at radius 3 is 2.56 bits per heavy atom. The van der Waals surface area contributed by atoms with Crippen molar-refractivity contribution in [3.8, 4) is 0 Å². The Labute approximate surface area is 107 Å². The lowest BCUT2D eigenvalue weighted by Gasteiger charge is -2.19. The van der Waals surface area contributed by atoms with Gasteiger partial charge in [-0.05, 0) is 42.3 Å². The predicted molar refractivity (Wildman–Crippen MR) is 70.8 cm³/mol. The van der Waals surface area contributed by atoms with E-state index in [1.54, 1.807) is 6.20 Å². The highest BCUT2D eigenvalue weighted by atomic mass is 19.1. The number of aromatic nitrogens is 1. The van der Waals surface area contributed by atoms with Crippen LogP contribution in [-0.4, -0.2) is 11.5 Å². The zero-order chi connectivity index (χ0) is 12.8. The molecule has 0 bridgehead atoms. The number of pyridine rings is 1. The van der Waals surface area contributed by atoms with Crippen molar-refractivity contribution in [1.82, 2.24) is 10.3 Å². The van der Waals surface area contributed by atoms with Crippen LogP contribution < -0.4 is 5.32 Å². The summed E-state index contributed by atoms with van der Waals surface area (Å²) >= 11 is 0.